The van der Waals surface area contributed by atoms with Crippen LogP contribution in [0.1, 0.15) is 0 Å². The van der Waals surface area contributed by atoms with Crippen LogP contribution >= 0.6 is 0 Å². The maximum atomic E-state index is 6.86. The average Bonchev–Trinajstić information content (AvgIpc) is 1.61. The maximum Gasteiger partial charge on any atom is 0.147 e. The number of aromatic nitrogens is 7. The summed E-state index contributed by atoms with van der Waals surface area (Å²) in [6, 6.07) is 119. The predicted octanol–water partition coefficient (Wildman–Crippen LogP) is 23.8. The third-order valence-corrected chi connectivity index (χ3v) is 18.6. The first-order valence-corrected chi connectivity index (χ1v) is 33.7. The highest BCUT2D eigenvalue weighted by Gasteiger charge is 2.27. The Bertz CT molecular complexity index is 6130. The molecule has 8 aromatic heterocycles. The highest BCUT2D eigenvalue weighted by Crippen LogP contribution is 2.49. The molecule has 9 heteroatoms. The van der Waals surface area contributed by atoms with E-state index in [9.17, 15) is 0 Å². The summed E-state index contributed by atoms with van der Waals surface area (Å²) in [5, 5.41) is 3.99. The highest BCUT2D eigenvalue weighted by atomic mass is 16.3. The van der Waals surface area contributed by atoms with Crippen LogP contribution in [0, 0.1) is 0 Å². The second-order valence-electron chi connectivity index (χ2n) is 24.8. The summed E-state index contributed by atoms with van der Waals surface area (Å²) >= 11 is 0. The fraction of sp³-hybridized carbons (Fsp3) is 0. The highest BCUT2D eigenvalue weighted by molar-refractivity contribution is 6.18. The van der Waals surface area contributed by atoms with E-state index < -0.39 is 0 Å². The minimum absolute atomic E-state index is 0.792. The number of nitrogens with zero attached hydrogens (tertiary/aromatic N) is 7. The van der Waals surface area contributed by atoms with Gasteiger partial charge in [0.2, 0.25) is 0 Å². The van der Waals surface area contributed by atoms with Crippen molar-refractivity contribution in [2.24, 2.45) is 0 Å². The van der Waals surface area contributed by atoms with Gasteiger partial charge in [-0.25, -0.2) is 19.9 Å². The lowest BCUT2D eigenvalue weighted by molar-refractivity contribution is 0.635. The third kappa shape index (κ3) is 11.2. The Labute approximate surface area is 582 Å². The Morgan fingerprint density at radius 1 is 0.248 bits per heavy atom. The standard InChI is InChI=1S/C48H31N3O.C44H28N4O/c1-4-14-34(15-5-1)43-44-45(49-40-21-11-10-20-39(40)47(44)52-46(43)36-16-6-2-7-17-36)35-28-24-32(25-29-35)33-26-30-37(31-27-33)48-50-41-22-12-13-23-42(41)51(48)38-18-8-3-9-19-38;1-3-13-30(14-4-1)40-41-42(48-35-18-8-7-17-34(35)44(41)49-43(40)32-15-5-2-6-16-32)31-23-21-29(22-24-31)33-27-38(36-19-9-11-25-45-36)47-39(28-33)37-20-10-12-26-46-37/h1-31H;1-28H. The smallest absolute Gasteiger partial charge is 0.147 e. The quantitative estimate of drug-likeness (QED) is 0.119. The lowest BCUT2D eigenvalue weighted by atomic mass is 9.94. The lowest BCUT2D eigenvalue weighted by Gasteiger charge is -2.11. The second kappa shape index (κ2) is 26.0. The lowest BCUT2D eigenvalue weighted by Crippen LogP contribution is -1.97. The fourth-order valence-electron chi connectivity index (χ4n) is 13.8. The van der Waals surface area contributed by atoms with Gasteiger partial charge in [-0.2, -0.15) is 0 Å². The van der Waals surface area contributed by atoms with Gasteiger partial charge < -0.3 is 8.83 Å². The fourth-order valence-corrected chi connectivity index (χ4v) is 13.8. The molecule has 0 N–H and O–H groups in total. The molecule has 0 radical (unpaired) electrons. The van der Waals surface area contributed by atoms with E-state index in [2.05, 4.69) is 251 Å². The van der Waals surface area contributed by atoms with Crippen LogP contribution < -0.4 is 0 Å². The largest absolute Gasteiger partial charge is 0.455 e. The summed E-state index contributed by atoms with van der Waals surface area (Å²) in [7, 11) is 0. The molecule has 0 aliphatic rings. The van der Waals surface area contributed by atoms with Gasteiger partial charge in [-0.05, 0) is 118 Å². The van der Waals surface area contributed by atoms with Crippen LogP contribution in [0.5, 0.6) is 0 Å². The van der Waals surface area contributed by atoms with Gasteiger partial charge in [0.15, 0.2) is 0 Å². The Balaban J connectivity index is 0.000000145. The number of hydrogen-bond acceptors (Lipinski definition) is 8. The molecule has 0 saturated heterocycles. The molecule has 0 atom stereocenters. The molecule has 0 bridgehead atoms. The van der Waals surface area contributed by atoms with Gasteiger partial charge in [-0.1, -0.05) is 261 Å². The molecule has 0 aliphatic heterocycles. The number of hydrogen-bond donors (Lipinski definition) is 0. The monoisotopic (exact) mass is 1290 g/mol. The first-order valence-electron chi connectivity index (χ1n) is 33.7. The Morgan fingerprint density at radius 3 is 1.06 bits per heavy atom. The van der Waals surface area contributed by atoms with Crippen molar-refractivity contribution in [3.05, 3.63) is 358 Å². The first kappa shape index (κ1) is 59.7. The van der Waals surface area contributed by atoms with Crippen molar-refractivity contribution in [3.63, 3.8) is 0 Å². The van der Waals surface area contributed by atoms with Crippen LogP contribution in [-0.4, -0.2) is 34.5 Å². The van der Waals surface area contributed by atoms with Crippen LogP contribution in [-0.2, 0) is 0 Å². The molecule has 11 aromatic carbocycles. The first-order chi connectivity index (χ1) is 50.1. The predicted molar refractivity (Wildman–Crippen MR) is 411 cm³/mol. The topological polar surface area (TPSA) is 109 Å². The van der Waals surface area contributed by atoms with Crippen LogP contribution in [0.3, 0.4) is 0 Å². The number of imidazole rings is 1. The van der Waals surface area contributed by atoms with E-state index in [0.717, 1.165) is 184 Å². The van der Waals surface area contributed by atoms with E-state index in [4.69, 9.17) is 28.8 Å². The minimum atomic E-state index is 0.792. The summed E-state index contributed by atoms with van der Waals surface area (Å²) in [6.45, 7) is 0. The van der Waals surface area contributed by atoms with Gasteiger partial charge >= 0.3 is 0 Å². The Morgan fingerprint density at radius 2 is 0.614 bits per heavy atom. The summed E-state index contributed by atoms with van der Waals surface area (Å²) in [5.74, 6) is 2.60. The van der Waals surface area contributed by atoms with E-state index in [1.54, 1.807) is 12.4 Å². The summed E-state index contributed by atoms with van der Waals surface area (Å²) in [4.78, 5) is 29.8. The molecule has 9 nitrogen and oxygen atoms in total. The number of rotatable bonds is 12. The Hall–Kier alpha value is -13.8. The van der Waals surface area contributed by atoms with E-state index in [-0.39, 0.29) is 0 Å². The van der Waals surface area contributed by atoms with Gasteiger partial charge in [-0.15, -0.1) is 0 Å². The molecular formula is C92H59N7O2. The van der Waals surface area contributed by atoms with Crippen LogP contribution in [0.25, 0.3) is 184 Å². The van der Waals surface area contributed by atoms with Crippen LogP contribution in [0.15, 0.2) is 367 Å². The van der Waals surface area contributed by atoms with Gasteiger partial charge in [0, 0.05) is 67.8 Å². The molecule has 0 amide bonds. The maximum absolute atomic E-state index is 6.86. The van der Waals surface area contributed by atoms with Crippen molar-refractivity contribution in [1.29, 1.82) is 0 Å². The minimum Gasteiger partial charge on any atom is -0.455 e. The summed E-state index contributed by atoms with van der Waals surface area (Å²) in [6.07, 6.45) is 3.58. The van der Waals surface area contributed by atoms with E-state index in [0.29, 0.717) is 0 Å². The number of pyridine rings is 5. The molecule has 0 saturated carbocycles. The average molecular weight is 1290 g/mol. The van der Waals surface area contributed by atoms with Crippen LogP contribution in [0.2, 0.25) is 0 Å². The molecule has 0 aliphatic carbocycles. The molecule has 19 aromatic rings. The molecule has 0 fully saturated rings. The number of para-hydroxylation sites is 5. The molecular weight excluding hydrogens is 1240 g/mol. The normalized spacial score (nSPS) is 11.4. The van der Waals surface area contributed by atoms with Crippen molar-refractivity contribution in [1.82, 2.24) is 34.5 Å². The van der Waals surface area contributed by atoms with Gasteiger partial charge in [-0.3, -0.25) is 14.5 Å². The van der Waals surface area contributed by atoms with Gasteiger partial charge in [0.1, 0.15) is 28.5 Å². The number of furan rings is 2. The zero-order valence-electron chi connectivity index (χ0n) is 54.5. The number of fused-ring (bicyclic) bond motifs is 7. The van der Waals surface area contributed by atoms with Crippen LogP contribution in [0.4, 0.5) is 0 Å². The van der Waals surface area contributed by atoms with Crippen molar-refractivity contribution in [2.75, 3.05) is 0 Å². The molecule has 8 heterocycles. The van der Waals surface area contributed by atoms with Crippen molar-refractivity contribution in [2.45, 2.75) is 0 Å². The molecule has 474 valence electrons. The van der Waals surface area contributed by atoms with Crippen molar-refractivity contribution >= 4 is 54.8 Å². The van der Waals surface area contributed by atoms with E-state index in [1.807, 2.05) is 109 Å². The Kier molecular flexibility index (Phi) is 15.4. The summed E-state index contributed by atoms with van der Waals surface area (Å²) < 4.78 is 16.0. The molecule has 0 unspecified atom stereocenters. The molecule has 101 heavy (non-hydrogen) atoms. The SMILES string of the molecule is c1ccc(-c2oc3c(c(-c4ccc(-c5cc(-c6ccccn6)nc(-c6ccccn6)c5)cc4)nc4ccccc43)c2-c2ccccc2)cc1.c1ccc(-c2oc3c(c(-c4ccc(-c5ccc(-c6nc7ccccc7n6-c6ccccc6)cc5)cc4)nc4ccccc43)c2-c2ccccc2)cc1. The third-order valence-electron chi connectivity index (χ3n) is 18.6. The summed E-state index contributed by atoms with van der Waals surface area (Å²) in [5.41, 5.74) is 25.3. The molecule has 0 spiro atoms. The van der Waals surface area contributed by atoms with Gasteiger partial charge in [0.25, 0.3) is 0 Å². The van der Waals surface area contributed by atoms with Crippen molar-refractivity contribution in [3.8, 4) is 130 Å². The van der Waals surface area contributed by atoms with E-state index in [1.165, 1.54) is 0 Å². The zero-order valence-corrected chi connectivity index (χ0v) is 54.5. The van der Waals surface area contributed by atoms with Gasteiger partial charge in [0.05, 0.1) is 67.0 Å². The number of benzene rings is 11. The molecule has 19 rings (SSSR count). The van der Waals surface area contributed by atoms with Crippen molar-refractivity contribution < 1.29 is 8.83 Å². The second-order valence-corrected chi connectivity index (χ2v) is 24.8. The van der Waals surface area contributed by atoms with E-state index >= 15 is 0 Å². The zero-order chi connectivity index (χ0) is 67.0.